The molecule has 2 atom stereocenters. The summed E-state index contributed by atoms with van der Waals surface area (Å²) in [6.45, 7) is 6.09. The predicted octanol–water partition coefficient (Wildman–Crippen LogP) is 1.58. The molecule has 3 aliphatic heterocycles. The molecular formula is C19H23N5O3. The molecule has 3 saturated heterocycles. The average molecular weight is 369 g/mol. The lowest BCUT2D eigenvalue weighted by atomic mass is 10.0. The molecule has 5 rings (SSSR count). The van der Waals surface area contributed by atoms with Gasteiger partial charge >= 0.3 is 0 Å². The van der Waals surface area contributed by atoms with E-state index in [0.29, 0.717) is 37.1 Å². The standard InChI is InChI=1S/C19H23N5O3/c1-12(2)23-11-21-14-8-13(10-20-17(14)23)18(26)22-6-4-19-15(22)9-16(25)24(19)5-3-7-27-19/h8,10-12,15H,3-7,9H2,1-2H3/t15-,19+/m1/s1. The van der Waals surface area contributed by atoms with Crippen LogP contribution in [0.4, 0.5) is 0 Å². The Bertz CT molecular complexity index is 939. The van der Waals surface area contributed by atoms with Gasteiger partial charge in [-0.3, -0.25) is 9.59 Å². The van der Waals surface area contributed by atoms with Crippen molar-refractivity contribution in [2.75, 3.05) is 19.7 Å². The summed E-state index contributed by atoms with van der Waals surface area (Å²) in [6.07, 6.45) is 5.24. The van der Waals surface area contributed by atoms with E-state index in [1.54, 1.807) is 23.5 Å². The third-order valence-corrected chi connectivity index (χ3v) is 6.09. The van der Waals surface area contributed by atoms with E-state index in [9.17, 15) is 9.59 Å². The first kappa shape index (κ1) is 16.7. The molecule has 8 nitrogen and oxygen atoms in total. The number of ether oxygens (including phenoxy) is 1. The Labute approximate surface area is 157 Å². The van der Waals surface area contributed by atoms with Crippen LogP contribution in [0.2, 0.25) is 0 Å². The number of amides is 2. The predicted molar refractivity (Wildman–Crippen MR) is 97.0 cm³/mol. The maximum Gasteiger partial charge on any atom is 0.255 e. The first-order valence-corrected chi connectivity index (χ1v) is 9.59. The molecule has 27 heavy (non-hydrogen) atoms. The zero-order valence-electron chi connectivity index (χ0n) is 15.6. The number of pyridine rings is 1. The first-order chi connectivity index (χ1) is 13.0. The molecule has 0 N–H and O–H groups in total. The second-order valence-electron chi connectivity index (χ2n) is 7.87. The average Bonchev–Trinajstić information content (AvgIpc) is 3.31. The van der Waals surface area contributed by atoms with Crippen molar-refractivity contribution in [3.05, 3.63) is 24.2 Å². The van der Waals surface area contributed by atoms with Crippen molar-refractivity contribution in [1.29, 1.82) is 0 Å². The zero-order chi connectivity index (χ0) is 18.8. The Balaban J connectivity index is 1.46. The van der Waals surface area contributed by atoms with Crippen LogP contribution in [0.1, 0.15) is 49.5 Å². The second-order valence-corrected chi connectivity index (χ2v) is 7.87. The number of aromatic nitrogens is 3. The largest absolute Gasteiger partial charge is 0.353 e. The molecule has 0 saturated carbocycles. The van der Waals surface area contributed by atoms with Crippen molar-refractivity contribution in [2.24, 2.45) is 0 Å². The Morgan fingerprint density at radius 1 is 1.33 bits per heavy atom. The van der Waals surface area contributed by atoms with Crippen LogP contribution in [-0.4, -0.2) is 67.6 Å². The fraction of sp³-hybridized carbons (Fsp3) is 0.579. The van der Waals surface area contributed by atoms with Gasteiger partial charge in [0.25, 0.3) is 5.91 Å². The van der Waals surface area contributed by atoms with Gasteiger partial charge < -0.3 is 19.1 Å². The third-order valence-electron chi connectivity index (χ3n) is 6.09. The van der Waals surface area contributed by atoms with Crippen LogP contribution in [0.3, 0.4) is 0 Å². The molecule has 0 bridgehead atoms. The van der Waals surface area contributed by atoms with E-state index in [1.165, 1.54) is 0 Å². The lowest BCUT2D eigenvalue weighted by Crippen LogP contribution is -2.56. The lowest BCUT2D eigenvalue weighted by Gasteiger charge is -2.42. The van der Waals surface area contributed by atoms with Gasteiger partial charge in [0.05, 0.1) is 31.0 Å². The van der Waals surface area contributed by atoms with E-state index in [1.807, 2.05) is 9.47 Å². The number of nitrogens with zero attached hydrogens (tertiary/aromatic N) is 5. The molecular weight excluding hydrogens is 346 g/mol. The quantitative estimate of drug-likeness (QED) is 0.803. The molecule has 142 valence electrons. The number of hydrogen-bond acceptors (Lipinski definition) is 5. The number of imidazole rings is 1. The van der Waals surface area contributed by atoms with Crippen molar-refractivity contribution in [1.82, 2.24) is 24.3 Å². The summed E-state index contributed by atoms with van der Waals surface area (Å²) >= 11 is 0. The lowest BCUT2D eigenvalue weighted by molar-refractivity contribution is -0.179. The van der Waals surface area contributed by atoms with E-state index in [-0.39, 0.29) is 23.9 Å². The van der Waals surface area contributed by atoms with E-state index < -0.39 is 5.72 Å². The molecule has 2 aromatic heterocycles. The molecule has 0 aromatic carbocycles. The first-order valence-electron chi connectivity index (χ1n) is 9.59. The zero-order valence-corrected chi connectivity index (χ0v) is 15.6. The van der Waals surface area contributed by atoms with Crippen molar-refractivity contribution in [3.63, 3.8) is 0 Å². The minimum Gasteiger partial charge on any atom is -0.353 e. The van der Waals surface area contributed by atoms with Crippen molar-refractivity contribution in [2.45, 2.75) is 50.9 Å². The van der Waals surface area contributed by atoms with Crippen LogP contribution in [0.15, 0.2) is 18.6 Å². The van der Waals surface area contributed by atoms with Crippen LogP contribution in [-0.2, 0) is 9.53 Å². The Morgan fingerprint density at radius 3 is 3.00 bits per heavy atom. The van der Waals surface area contributed by atoms with Crippen LogP contribution < -0.4 is 0 Å². The van der Waals surface area contributed by atoms with E-state index in [2.05, 4.69) is 23.8 Å². The number of rotatable bonds is 2. The fourth-order valence-electron chi connectivity index (χ4n) is 4.77. The molecule has 0 radical (unpaired) electrons. The molecule has 0 unspecified atom stereocenters. The maximum absolute atomic E-state index is 13.2. The summed E-state index contributed by atoms with van der Waals surface area (Å²) in [5.74, 6) is -0.0179. The Kier molecular flexibility index (Phi) is 3.56. The van der Waals surface area contributed by atoms with Crippen molar-refractivity contribution < 1.29 is 14.3 Å². The molecule has 0 aliphatic carbocycles. The SMILES string of the molecule is CC(C)n1cnc2cc(C(=O)N3CC[C@@]45OCCCN4C(=O)C[C@@H]35)cnc21. The van der Waals surface area contributed by atoms with Gasteiger partial charge in [-0.1, -0.05) is 0 Å². The van der Waals surface area contributed by atoms with E-state index >= 15 is 0 Å². The van der Waals surface area contributed by atoms with Gasteiger partial charge in [-0.05, 0) is 26.3 Å². The molecule has 3 fully saturated rings. The van der Waals surface area contributed by atoms with Gasteiger partial charge in [0.15, 0.2) is 11.4 Å². The number of hydrogen-bond donors (Lipinski definition) is 0. The van der Waals surface area contributed by atoms with Gasteiger partial charge in [0, 0.05) is 31.7 Å². The molecule has 2 amide bonds. The van der Waals surface area contributed by atoms with Crippen LogP contribution in [0.25, 0.3) is 11.2 Å². The van der Waals surface area contributed by atoms with Gasteiger partial charge in [-0.25, -0.2) is 9.97 Å². The van der Waals surface area contributed by atoms with E-state index in [0.717, 1.165) is 18.6 Å². The van der Waals surface area contributed by atoms with Crippen LogP contribution in [0.5, 0.6) is 0 Å². The Hall–Kier alpha value is -2.48. The summed E-state index contributed by atoms with van der Waals surface area (Å²) in [4.78, 5) is 38.2. The smallest absolute Gasteiger partial charge is 0.255 e. The second kappa shape index (κ2) is 5.76. The highest BCUT2D eigenvalue weighted by molar-refractivity contribution is 5.97. The van der Waals surface area contributed by atoms with Gasteiger partial charge in [-0.15, -0.1) is 0 Å². The highest BCUT2D eigenvalue weighted by Gasteiger charge is 2.61. The highest BCUT2D eigenvalue weighted by atomic mass is 16.5. The minimum absolute atomic E-state index is 0.0847. The van der Waals surface area contributed by atoms with Crippen LogP contribution >= 0.6 is 0 Å². The van der Waals surface area contributed by atoms with Gasteiger partial charge in [0.1, 0.15) is 5.52 Å². The highest BCUT2D eigenvalue weighted by Crippen LogP contribution is 2.45. The fourth-order valence-corrected chi connectivity index (χ4v) is 4.77. The molecule has 5 heterocycles. The minimum atomic E-state index is -0.623. The number of likely N-dealkylation sites (tertiary alicyclic amines) is 1. The van der Waals surface area contributed by atoms with E-state index in [4.69, 9.17) is 4.74 Å². The monoisotopic (exact) mass is 369 g/mol. The summed E-state index contributed by atoms with van der Waals surface area (Å²) < 4.78 is 8.06. The normalized spacial score (nSPS) is 27.5. The van der Waals surface area contributed by atoms with Crippen molar-refractivity contribution >= 4 is 23.0 Å². The van der Waals surface area contributed by atoms with Gasteiger partial charge in [-0.2, -0.15) is 0 Å². The van der Waals surface area contributed by atoms with Crippen LogP contribution in [0, 0.1) is 0 Å². The summed E-state index contributed by atoms with van der Waals surface area (Å²) in [5.41, 5.74) is 1.37. The Morgan fingerprint density at radius 2 is 2.19 bits per heavy atom. The molecule has 2 aromatic rings. The number of carbonyl (C=O) groups is 2. The summed E-state index contributed by atoms with van der Waals surface area (Å²) in [6, 6.07) is 1.83. The molecule has 8 heteroatoms. The van der Waals surface area contributed by atoms with Crippen molar-refractivity contribution in [3.8, 4) is 0 Å². The topological polar surface area (TPSA) is 80.6 Å². The molecule has 3 aliphatic rings. The summed E-state index contributed by atoms with van der Waals surface area (Å²) in [7, 11) is 0. The van der Waals surface area contributed by atoms with Gasteiger partial charge in [0.2, 0.25) is 5.91 Å². The maximum atomic E-state index is 13.2. The molecule has 1 spiro atoms. The number of fused-ring (bicyclic) bond motifs is 1. The summed E-state index contributed by atoms with van der Waals surface area (Å²) in [5, 5.41) is 0. The number of carbonyl (C=O) groups excluding carboxylic acids is 2. The third kappa shape index (κ3) is 2.25.